The minimum atomic E-state index is -0.625. The highest BCUT2D eigenvalue weighted by molar-refractivity contribution is 5.45. The zero-order valence-corrected chi connectivity index (χ0v) is 13.6. The van der Waals surface area contributed by atoms with E-state index in [1.165, 1.54) is 28.7 Å². The molecule has 0 radical (unpaired) electrons. The molecule has 0 saturated carbocycles. The molecule has 1 heterocycles. The maximum absolute atomic E-state index is 11.2. The predicted molar refractivity (Wildman–Crippen MR) is 86.7 cm³/mol. The van der Waals surface area contributed by atoms with Crippen molar-refractivity contribution in [3.8, 4) is 0 Å². The van der Waals surface area contributed by atoms with Crippen LogP contribution in [0.3, 0.4) is 0 Å². The topological polar surface area (TPSA) is 35.5 Å². The third-order valence-corrected chi connectivity index (χ3v) is 5.58. The van der Waals surface area contributed by atoms with E-state index < -0.39 is 5.60 Å². The van der Waals surface area contributed by atoms with Crippen LogP contribution in [0.4, 0.5) is 0 Å². The Morgan fingerprint density at radius 2 is 1.95 bits per heavy atom. The highest BCUT2D eigenvalue weighted by Gasteiger charge is 2.36. The van der Waals surface area contributed by atoms with E-state index in [0.29, 0.717) is 6.04 Å². The van der Waals surface area contributed by atoms with Crippen LogP contribution in [0, 0.1) is 6.92 Å². The second kappa shape index (κ2) is 5.71. The van der Waals surface area contributed by atoms with Gasteiger partial charge in [-0.3, -0.25) is 0 Å². The molecule has 0 aromatic heterocycles. The fraction of sp³-hybridized carbons (Fsp3) is 0.667. The largest absolute Gasteiger partial charge is 0.385 e. The molecule has 3 nitrogen and oxygen atoms in total. The molecule has 1 saturated heterocycles. The van der Waals surface area contributed by atoms with E-state index in [2.05, 4.69) is 43.4 Å². The van der Waals surface area contributed by atoms with E-state index in [1.54, 1.807) is 0 Å². The average molecular weight is 288 g/mol. The summed E-state index contributed by atoms with van der Waals surface area (Å²) in [5.41, 5.74) is 4.88. The van der Waals surface area contributed by atoms with Gasteiger partial charge in [-0.15, -0.1) is 0 Å². The van der Waals surface area contributed by atoms with Crippen molar-refractivity contribution in [1.82, 2.24) is 10.2 Å². The Labute approximate surface area is 128 Å². The van der Waals surface area contributed by atoms with Gasteiger partial charge in [0.2, 0.25) is 0 Å². The Kier molecular flexibility index (Phi) is 4.08. The quantitative estimate of drug-likeness (QED) is 0.873. The van der Waals surface area contributed by atoms with E-state index in [4.69, 9.17) is 0 Å². The summed E-state index contributed by atoms with van der Waals surface area (Å²) in [7, 11) is 4.19. The first-order valence-corrected chi connectivity index (χ1v) is 8.23. The van der Waals surface area contributed by atoms with Crippen molar-refractivity contribution in [2.45, 2.75) is 50.7 Å². The minimum Gasteiger partial charge on any atom is -0.385 e. The second-order valence-electron chi connectivity index (χ2n) is 6.95. The molecule has 0 amide bonds. The molecule has 2 N–H and O–H groups in total. The van der Waals surface area contributed by atoms with Gasteiger partial charge in [-0.2, -0.15) is 0 Å². The number of rotatable bonds is 2. The number of likely N-dealkylation sites (N-methyl/N-ethyl adjacent to an activating group) is 1. The van der Waals surface area contributed by atoms with Gasteiger partial charge in [-0.25, -0.2) is 0 Å². The first-order chi connectivity index (χ1) is 10.0. The maximum atomic E-state index is 11.2. The van der Waals surface area contributed by atoms with Gasteiger partial charge < -0.3 is 15.3 Å². The molecule has 3 rings (SSSR count). The average Bonchev–Trinajstić information content (AvgIpc) is 2.50. The van der Waals surface area contributed by atoms with Crippen molar-refractivity contribution in [2.75, 3.05) is 27.2 Å². The molecule has 3 heteroatoms. The van der Waals surface area contributed by atoms with Crippen LogP contribution < -0.4 is 5.32 Å². The number of nitrogens with zero attached hydrogens (tertiary/aromatic N) is 1. The molecule has 1 aliphatic heterocycles. The number of hydrogen-bond acceptors (Lipinski definition) is 3. The monoisotopic (exact) mass is 288 g/mol. The summed E-state index contributed by atoms with van der Waals surface area (Å²) in [6.07, 6.45) is 5.10. The number of benzene rings is 1. The Balaban J connectivity index is 1.99. The molecule has 1 aromatic carbocycles. The van der Waals surface area contributed by atoms with E-state index >= 15 is 0 Å². The third-order valence-electron chi connectivity index (χ3n) is 5.58. The fourth-order valence-corrected chi connectivity index (χ4v) is 4.00. The van der Waals surface area contributed by atoms with Gasteiger partial charge in [0, 0.05) is 19.1 Å². The van der Waals surface area contributed by atoms with Crippen LogP contribution in [-0.2, 0) is 18.4 Å². The number of fused-ring (bicyclic) bond motifs is 1. The van der Waals surface area contributed by atoms with Crippen LogP contribution in [0.2, 0.25) is 0 Å². The summed E-state index contributed by atoms with van der Waals surface area (Å²) in [5.74, 6) is 0. The standard InChI is InChI=1S/C18H28N2O/c1-13-4-7-17(18(21)8-10-20(3)11-9-18)16-12-14(19-2)5-6-15(13)16/h4,7,14,19,21H,5-6,8-12H2,1-3H3. The zero-order chi connectivity index (χ0) is 15.0. The molecule has 0 spiro atoms. The normalized spacial score (nSPS) is 25.6. The van der Waals surface area contributed by atoms with Gasteiger partial charge in [0.25, 0.3) is 0 Å². The SMILES string of the molecule is CNC1CCc2c(C)ccc(C3(O)CCN(C)CC3)c2C1. The lowest BCUT2D eigenvalue weighted by molar-refractivity contribution is -0.0212. The number of piperidine rings is 1. The van der Waals surface area contributed by atoms with Gasteiger partial charge in [0.05, 0.1) is 5.60 Å². The minimum absolute atomic E-state index is 0.549. The lowest BCUT2D eigenvalue weighted by Crippen LogP contribution is -2.42. The van der Waals surface area contributed by atoms with Crippen LogP contribution in [0.5, 0.6) is 0 Å². The lowest BCUT2D eigenvalue weighted by Gasteiger charge is -2.40. The third kappa shape index (κ3) is 2.75. The highest BCUT2D eigenvalue weighted by Crippen LogP contribution is 2.38. The van der Waals surface area contributed by atoms with Crippen molar-refractivity contribution in [1.29, 1.82) is 0 Å². The predicted octanol–water partition coefficient (Wildman–Crippen LogP) is 1.98. The molecule has 1 aliphatic carbocycles. The molecule has 1 fully saturated rings. The van der Waals surface area contributed by atoms with Crippen LogP contribution in [0.1, 0.15) is 41.5 Å². The Morgan fingerprint density at radius 1 is 1.24 bits per heavy atom. The molecule has 1 aromatic rings. The van der Waals surface area contributed by atoms with Crippen molar-refractivity contribution in [3.05, 3.63) is 34.4 Å². The van der Waals surface area contributed by atoms with Crippen molar-refractivity contribution in [3.63, 3.8) is 0 Å². The first kappa shape index (κ1) is 15.0. The maximum Gasteiger partial charge on any atom is 0.0923 e. The van der Waals surface area contributed by atoms with Gasteiger partial charge in [-0.05, 0) is 75.4 Å². The summed E-state index contributed by atoms with van der Waals surface area (Å²) in [4.78, 5) is 2.31. The van der Waals surface area contributed by atoms with Gasteiger partial charge in [-0.1, -0.05) is 12.1 Å². The van der Waals surface area contributed by atoms with Gasteiger partial charge >= 0.3 is 0 Å². The number of aryl methyl sites for hydroxylation is 1. The molecular formula is C18H28N2O. The summed E-state index contributed by atoms with van der Waals surface area (Å²) in [6, 6.07) is 4.95. The fourth-order valence-electron chi connectivity index (χ4n) is 4.00. The summed E-state index contributed by atoms with van der Waals surface area (Å²) < 4.78 is 0. The molecule has 21 heavy (non-hydrogen) atoms. The molecule has 0 bridgehead atoms. The second-order valence-corrected chi connectivity index (χ2v) is 6.95. The molecule has 2 aliphatic rings. The van der Waals surface area contributed by atoms with E-state index in [0.717, 1.165) is 38.8 Å². The molecule has 116 valence electrons. The summed E-state index contributed by atoms with van der Waals surface area (Å²) in [5, 5.41) is 14.6. The number of hydrogen-bond donors (Lipinski definition) is 2. The van der Waals surface area contributed by atoms with Crippen molar-refractivity contribution >= 4 is 0 Å². The molecule has 1 unspecified atom stereocenters. The number of aliphatic hydroxyl groups is 1. The van der Waals surface area contributed by atoms with Crippen molar-refractivity contribution in [2.24, 2.45) is 0 Å². The number of likely N-dealkylation sites (tertiary alicyclic amines) is 1. The van der Waals surface area contributed by atoms with Gasteiger partial charge in [0.15, 0.2) is 0 Å². The molecule has 1 atom stereocenters. The molecular weight excluding hydrogens is 260 g/mol. The van der Waals surface area contributed by atoms with Crippen LogP contribution in [0.15, 0.2) is 12.1 Å². The van der Waals surface area contributed by atoms with Crippen LogP contribution >= 0.6 is 0 Å². The Bertz CT molecular complexity index is 518. The lowest BCUT2D eigenvalue weighted by atomic mass is 9.75. The zero-order valence-electron chi connectivity index (χ0n) is 13.6. The van der Waals surface area contributed by atoms with Crippen LogP contribution in [-0.4, -0.2) is 43.2 Å². The van der Waals surface area contributed by atoms with E-state index in [-0.39, 0.29) is 0 Å². The first-order valence-electron chi connectivity index (χ1n) is 8.23. The van der Waals surface area contributed by atoms with Gasteiger partial charge in [0.1, 0.15) is 0 Å². The van der Waals surface area contributed by atoms with Crippen LogP contribution in [0.25, 0.3) is 0 Å². The Hall–Kier alpha value is -0.900. The summed E-state index contributed by atoms with van der Waals surface area (Å²) in [6.45, 7) is 4.17. The Morgan fingerprint density at radius 3 is 2.62 bits per heavy atom. The number of nitrogens with one attached hydrogen (secondary N) is 1. The highest BCUT2D eigenvalue weighted by atomic mass is 16.3. The smallest absolute Gasteiger partial charge is 0.0923 e. The van der Waals surface area contributed by atoms with E-state index in [1.807, 2.05) is 0 Å². The summed E-state index contributed by atoms with van der Waals surface area (Å²) >= 11 is 0. The van der Waals surface area contributed by atoms with Crippen molar-refractivity contribution < 1.29 is 5.11 Å². The van der Waals surface area contributed by atoms with E-state index in [9.17, 15) is 5.11 Å².